The van der Waals surface area contributed by atoms with Crippen LogP contribution < -0.4 is 42.6 Å². The van der Waals surface area contributed by atoms with Crippen molar-refractivity contribution in [3.05, 3.63) is 126 Å². The number of rotatable bonds is 16. The van der Waals surface area contributed by atoms with Crippen molar-refractivity contribution < 1.29 is 68.5 Å². The Bertz CT molecular complexity index is 3170. The molecule has 0 spiro atoms. The molecule has 4 aromatic heterocycles. The van der Waals surface area contributed by atoms with Gasteiger partial charge < -0.3 is 47.3 Å². The van der Waals surface area contributed by atoms with Gasteiger partial charge in [-0.3, -0.25) is 9.44 Å². The van der Waals surface area contributed by atoms with Gasteiger partial charge in [-0.15, -0.1) is 0 Å². The molecule has 3 N–H and O–H groups in total. The summed E-state index contributed by atoms with van der Waals surface area (Å²) in [5.74, 6) is 0.746. The third-order valence-corrected chi connectivity index (χ3v) is 12.1. The van der Waals surface area contributed by atoms with Gasteiger partial charge in [-0.25, -0.2) is 31.2 Å². The van der Waals surface area contributed by atoms with Crippen molar-refractivity contribution in [3.63, 3.8) is 0 Å². The number of methoxy groups -OCH3 is 6. The molecule has 0 radical (unpaired) electrons. The Morgan fingerprint density at radius 2 is 0.971 bits per heavy atom. The van der Waals surface area contributed by atoms with E-state index in [1.807, 2.05) is 0 Å². The van der Waals surface area contributed by atoms with E-state index in [0.717, 1.165) is 17.2 Å². The van der Waals surface area contributed by atoms with Crippen LogP contribution in [-0.2, 0) is 33.3 Å². The number of sulfonamides is 2. The molecule has 0 fully saturated rings. The summed E-state index contributed by atoms with van der Waals surface area (Å²) < 4.78 is 118. The number of hydrogen-bond acceptors (Lipinski definition) is 18. The first-order chi connectivity index (χ1) is 32.3. The largest absolute Gasteiger partial charge is 0.496 e. The van der Waals surface area contributed by atoms with Crippen LogP contribution in [0.4, 0.5) is 16.0 Å². The molecule has 20 nitrogen and oxygen atoms in total. The lowest BCUT2D eigenvalue weighted by Crippen LogP contribution is -2.16. The molecule has 0 unspecified atom stereocenters. The number of aliphatic hydroxyl groups is 1. The Labute approximate surface area is 397 Å². The summed E-state index contributed by atoms with van der Waals surface area (Å²) >= 11 is 0. The van der Waals surface area contributed by atoms with Gasteiger partial charge >= 0.3 is 0 Å². The molecule has 0 aliphatic heterocycles. The summed E-state index contributed by atoms with van der Waals surface area (Å²) in [6.45, 7) is 0.105. The minimum atomic E-state index is -4.30. The molecular formula is C46H51FN6O14S2. The molecular weight excluding hydrogens is 944 g/mol. The van der Waals surface area contributed by atoms with Gasteiger partial charge in [-0.05, 0) is 71.8 Å². The number of nitrogens with one attached hydrogen (secondary N) is 2. The zero-order valence-corrected chi connectivity index (χ0v) is 38.2. The van der Waals surface area contributed by atoms with E-state index in [1.54, 1.807) is 86.2 Å². The molecule has 0 bridgehead atoms. The third kappa shape index (κ3) is 12.6. The van der Waals surface area contributed by atoms with Crippen molar-refractivity contribution in [1.82, 2.24) is 20.3 Å². The van der Waals surface area contributed by atoms with E-state index in [-0.39, 0.29) is 61.8 Å². The number of aliphatic hydroxyl groups excluding tert-OH is 1. The van der Waals surface area contributed by atoms with E-state index in [0.29, 0.717) is 45.2 Å². The first-order valence-corrected chi connectivity index (χ1v) is 22.4. The summed E-state index contributed by atoms with van der Waals surface area (Å²) in [5.41, 5.74) is 2.25. The van der Waals surface area contributed by atoms with Crippen LogP contribution in [0.2, 0.25) is 0 Å². The van der Waals surface area contributed by atoms with Crippen LogP contribution in [0.15, 0.2) is 128 Å². The molecule has 4 aromatic carbocycles. The molecule has 0 saturated carbocycles. The second-order valence-electron chi connectivity index (χ2n) is 13.4. The predicted octanol–water partition coefficient (Wildman–Crippen LogP) is 8.27. The van der Waals surface area contributed by atoms with Gasteiger partial charge in [0.25, 0.3) is 20.0 Å². The maximum atomic E-state index is 14.1. The number of hydrogen-bond donors (Lipinski definition) is 3. The second-order valence-corrected chi connectivity index (χ2v) is 16.6. The van der Waals surface area contributed by atoms with Crippen molar-refractivity contribution in [2.75, 3.05) is 52.1 Å². The monoisotopic (exact) mass is 994 g/mol. The smallest absolute Gasteiger partial charge is 0.270 e. The zero-order valence-electron chi connectivity index (χ0n) is 36.5. The lowest BCUT2D eigenvalue weighted by Gasteiger charge is -2.16. The highest BCUT2D eigenvalue weighted by Gasteiger charge is 2.29. The van der Waals surface area contributed by atoms with Crippen LogP contribution >= 0.6 is 0 Å². The molecule has 0 atom stereocenters. The van der Waals surface area contributed by atoms with E-state index in [1.165, 1.54) is 59.8 Å². The highest BCUT2D eigenvalue weighted by molar-refractivity contribution is 7.93. The third-order valence-electron chi connectivity index (χ3n) is 9.27. The van der Waals surface area contributed by atoms with Crippen molar-refractivity contribution in [2.45, 2.75) is 37.9 Å². The summed E-state index contributed by atoms with van der Waals surface area (Å²) in [7, 11) is 0.0772. The maximum absolute atomic E-state index is 14.1. The minimum Gasteiger partial charge on any atom is -0.496 e. The molecule has 4 heterocycles. The predicted molar refractivity (Wildman–Crippen MR) is 254 cm³/mol. The molecule has 8 aromatic rings. The van der Waals surface area contributed by atoms with Crippen LogP contribution in [0.1, 0.15) is 26.0 Å². The Kier molecular flexibility index (Phi) is 18.9. The SMILES string of the molecule is C.C.COc1cc(CO)ccn1.COc1cc(COc2cccc(OC)c2S(=O)(=O)Nc2noc3cccc(OC)c23)ccn1.COc1cccc(F)c1S(=O)(=O)Nc1noc2cccc(OC)c12. The molecule has 0 saturated heterocycles. The molecule has 0 amide bonds. The Hall–Kier alpha value is -7.89. The standard InChI is InChI=1S/C22H21N3O7S.C15H13FN2O5S.C7H9NO2.2CH4/c1-28-15-6-4-7-16-20(15)22(24-32-16)25-33(26,27)21-17(29-2)8-5-9-18(21)31-13-14-10-11-23-19(12-14)30-3;1-21-10-6-4-7-11-13(10)15(17-23-11)18-24(19,20)14-9(16)5-3-8-12(14)22-2;1-10-7-4-6(5-9)2-3-8-7;;/h4-12H,13H2,1-3H3,(H,24,25);3-8H,1-2H3,(H,17,18);2-4,9H,5H2,1H3;2*1H4. The van der Waals surface area contributed by atoms with Gasteiger partial charge in [0.15, 0.2) is 32.6 Å². The number of aromatic nitrogens is 4. The topological polar surface area (TPSA) is 255 Å². The highest BCUT2D eigenvalue weighted by atomic mass is 32.2. The number of nitrogens with zero attached hydrogens (tertiary/aromatic N) is 4. The van der Waals surface area contributed by atoms with E-state index in [4.69, 9.17) is 47.3 Å². The van der Waals surface area contributed by atoms with Crippen LogP contribution in [0.25, 0.3) is 21.9 Å². The number of fused-ring (bicyclic) bond motifs is 2. The number of pyridine rings is 2. The van der Waals surface area contributed by atoms with Crippen LogP contribution in [-0.4, -0.2) is 84.9 Å². The number of anilines is 2. The fourth-order valence-electron chi connectivity index (χ4n) is 6.18. The summed E-state index contributed by atoms with van der Waals surface area (Å²) in [5, 5.41) is 17.0. The summed E-state index contributed by atoms with van der Waals surface area (Å²) in [4.78, 5) is 7.13. The normalized spacial score (nSPS) is 10.7. The lowest BCUT2D eigenvalue weighted by atomic mass is 10.2. The zero-order chi connectivity index (χ0) is 48.1. The number of benzene rings is 4. The maximum Gasteiger partial charge on any atom is 0.270 e. The molecule has 0 aliphatic carbocycles. The van der Waals surface area contributed by atoms with Crippen LogP contribution in [0, 0.1) is 5.82 Å². The van der Waals surface area contributed by atoms with Gasteiger partial charge in [0.05, 0.1) is 49.3 Å². The quantitative estimate of drug-likeness (QED) is 0.0823. The Morgan fingerprint density at radius 3 is 1.46 bits per heavy atom. The van der Waals surface area contributed by atoms with Crippen LogP contribution in [0.3, 0.4) is 0 Å². The van der Waals surface area contributed by atoms with Crippen molar-refractivity contribution >= 4 is 53.6 Å². The van der Waals surface area contributed by atoms with Gasteiger partial charge in [0, 0.05) is 24.5 Å². The summed E-state index contributed by atoms with van der Waals surface area (Å²) in [6, 6.07) is 25.2. The summed E-state index contributed by atoms with van der Waals surface area (Å²) in [6.07, 6.45) is 3.18. The van der Waals surface area contributed by atoms with E-state index < -0.39 is 30.8 Å². The molecule has 23 heteroatoms. The first kappa shape index (κ1) is 53.7. The number of halogens is 1. The second kappa shape index (κ2) is 24.2. The fraction of sp³-hybridized carbons (Fsp3) is 0.217. The highest BCUT2D eigenvalue weighted by Crippen LogP contribution is 2.38. The van der Waals surface area contributed by atoms with Crippen molar-refractivity contribution in [1.29, 1.82) is 0 Å². The van der Waals surface area contributed by atoms with E-state index >= 15 is 0 Å². The molecule has 69 heavy (non-hydrogen) atoms. The average molecular weight is 995 g/mol. The molecule has 8 rings (SSSR count). The molecule has 0 aliphatic rings. The van der Waals surface area contributed by atoms with Gasteiger partial charge in [0.1, 0.15) is 51.9 Å². The van der Waals surface area contributed by atoms with E-state index in [9.17, 15) is 21.2 Å². The molecule has 368 valence electrons. The van der Waals surface area contributed by atoms with Gasteiger partial charge in [-0.1, -0.05) is 49.4 Å². The fourth-order valence-corrected chi connectivity index (χ4v) is 8.72. The minimum absolute atomic E-state index is 0. The number of ether oxygens (including phenoxy) is 7. The van der Waals surface area contributed by atoms with Crippen LogP contribution in [0.5, 0.6) is 40.5 Å². The van der Waals surface area contributed by atoms with Crippen molar-refractivity contribution in [2.24, 2.45) is 0 Å². The lowest BCUT2D eigenvalue weighted by molar-refractivity contribution is 0.280. The van der Waals surface area contributed by atoms with Crippen molar-refractivity contribution in [3.8, 4) is 40.5 Å². The Morgan fingerprint density at radius 1 is 0.551 bits per heavy atom. The average Bonchev–Trinajstić information content (AvgIpc) is 3.96. The Balaban J connectivity index is 0.000000252. The van der Waals surface area contributed by atoms with Gasteiger partial charge in [0.2, 0.25) is 11.8 Å². The van der Waals surface area contributed by atoms with E-state index in [2.05, 4.69) is 29.7 Å². The first-order valence-electron chi connectivity index (χ1n) is 19.4. The van der Waals surface area contributed by atoms with Gasteiger partial charge in [-0.2, -0.15) is 0 Å².